The molecule has 1 atom stereocenters. The van der Waals surface area contributed by atoms with Crippen molar-refractivity contribution < 1.29 is 4.74 Å². The van der Waals surface area contributed by atoms with Gasteiger partial charge in [0.25, 0.3) is 0 Å². The fourth-order valence-electron chi connectivity index (χ4n) is 1.19. The van der Waals surface area contributed by atoms with E-state index in [0.29, 0.717) is 0 Å². The molecule has 1 unspecified atom stereocenters. The van der Waals surface area contributed by atoms with Crippen LogP contribution in [0.2, 0.25) is 0 Å². The van der Waals surface area contributed by atoms with Gasteiger partial charge in [0.05, 0.1) is 18.3 Å². The molecule has 0 spiro atoms. The Morgan fingerprint density at radius 1 is 1.77 bits per heavy atom. The van der Waals surface area contributed by atoms with Crippen molar-refractivity contribution in [1.29, 1.82) is 0 Å². The van der Waals surface area contributed by atoms with E-state index in [1.807, 2.05) is 13.2 Å². The van der Waals surface area contributed by atoms with Crippen molar-refractivity contribution in [3.05, 3.63) is 18.0 Å². The lowest BCUT2D eigenvalue weighted by Gasteiger charge is -2.05. The number of aromatic nitrogens is 2. The third-order valence-corrected chi connectivity index (χ3v) is 2.82. The molecule has 0 bridgehead atoms. The SMILES string of the molecule is Cn1cc(C2=NCC(CI)O2)cn1. The number of halogens is 1. The highest BCUT2D eigenvalue weighted by atomic mass is 127. The number of alkyl halides is 1. The molecule has 0 aliphatic carbocycles. The highest BCUT2D eigenvalue weighted by Gasteiger charge is 2.20. The molecule has 4 nitrogen and oxygen atoms in total. The molecule has 13 heavy (non-hydrogen) atoms. The van der Waals surface area contributed by atoms with Gasteiger partial charge in [-0.3, -0.25) is 4.68 Å². The largest absolute Gasteiger partial charge is 0.471 e. The van der Waals surface area contributed by atoms with Crippen LogP contribution < -0.4 is 0 Å². The van der Waals surface area contributed by atoms with Gasteiger partial charge < -0.3 is 4.74 Å². The molecule has 2 heterocycles. The van der Waals surface area contributed by atoms with Gasteiger partial charge in [-0.05, 0) is 0 Å². The Morgan fingerprint density at radius 2 is 2.62 bits per heavy atom. The first-order chi connectivity index (χ1) is 6.29. The maximum Gasteiger partial charge on any atom is 0.219 e. The predicted molar refractivity (Wildman–Crippen MR) is 58.4 cm³/mol. The Bertz CT molecular complexity index is 334. The lowest BCUT2D eigenvalue weighted by Crippen LogP contribution is -2.14. The van der Waals surface area contributed by atoms with E-state index in [0.717, 1.165) is 22.4 Å². The fourth-order valence-corrected chi connectivity index (χ4v) is 1.65. The normalized spacial score (nSPS) is 21.4. The van der Waals surface area contributed by atoms with Crippen molar-refractivity contribution in [3.63, 3.8) is 0 Å². The van der Waals surface area contributed by atoms with Crippen LogP contribution in [0.15, 0.2) is 17.4 Å². The van der Waals surface area contributed by atoms with E-state index in [-0.39, 0.29) is 6.10 Å². The first-order valence-electron chi connectivity index (χ1n) is 4.05. The van der Waals surface area contributed by atoms with E-state index in [1.165, 1.54) is 0 Å². The Hall–Kier alpha value is -0.590. The van der Waals surface area contributed by atoms with Crippen LogP contribution in [0.25, 0.3) is 0 Å². The second kappa shape index (κ2) is 3.65. The zero-order valence-corrected chi connectivity index (χ0v) is 9.43. The molecule has 1 aromatic rings. The molecular formula is C8H10IN3O. The summed E-state index contributed by atoms with van der Waals surface area (Å²) in [6, 6.07) is 0. The molecule has 5 heteroatoms. The van der Waals surface area contributed by atoms with Gasteiger partial charge in [0.2, 0.25) is 5.90 Å². The Morgan fingerprint density at radius 3 is 3.15 bits per heavy atom. The summed E-state index contributed by atoms with van der Waals surface area (Å²) in [4.78, 5) is 4.31. The molecule has 1 aromatic heterocycles. The van der Waals surface area contributed by atoms with Gasteiger partial charge >= 0.3 is 0 Å². The molecule has 0 saturated heterocycles. The van der Waals surface area contributed by atoms with Gasteiger partial charge in [-0.1, -0.05) is 22.6 Å². The third kappa shape index (κ3) is 1.84. The smallest absolute Gasteiger partial charge is 0.219 e. The van der Waals surface area contributed by atoms with Crippen LogP contribution in [0.3, 0.4) is 0 Å². The van der Waals surface area contributed by atoms with Crippen molar-refractivity contribution in [1.82, 2.24) is 9.78 Å². The average Bonchev–Trinajstić information content (AvgIpc) is 2.71. The molecular weight excluding hydrogens is 281 g/mol. The van der Waals surface area contributed by atoms with E-state index in [2.05, 4.69) is 32.7 Å². The lowest BCUT2D eigenvalue weighted by atomic mass is 10.4. The number of hydrogen-bond acceptors (Lipinski definition) is 3. The van der Waals surface area contributed by atoms with E-state index in [4.69, 9.17) is 4.74 Å². The lowest BCUT2D eigenvalue weighted by molar-refractivity contribution is 0.254. The first kappa shape index (κ1) is 8.98. The maximum absolute atomic E-state index is 5.60. The third-order valence-electron chi connectivity index (χ3n) is 1.84. The molecule has 2 rings (SSSR count). The van der Waals surface area contributed by atoms with Crippen LogP contribution in [0.1, 0.15) is 5.56 Å². The monoisotopic (exact) mass is 291 g/mol. The van der Waals surface area contributed by atoms with Crippen LogP contribution in [0, 0.1) is 0 Å². The van der Waals surface area contributed by atoms with Crippen LogP contribution >= 0.6 is 22.6 Å². The number of nitrogens with zero attached hydrogens (tertiary/aromatic N) is 3. The summed E-state index contributed by atoms with van der Waals surface area (Å²) >= 11 is 2.30. The minimum Gasteiger partial charge on any atom is -0.471 e. The van der Waals surface area contributed by atoms with Crippen molar-refractivity contribution in [2.75, 3.05) is 11.0 Å². The zero-order valence-electron chi connectivity index (χ0n) is 7.27. The minimum absolute atomic E-state index is 0.246. The summed E-state index contributed by atoms with van der Waals surface area (Å²) in [6.07, 6.45) is 3.93. The summed E-state index contributed by atoms with van der Waals surface area (Å²) in [5.41, 5.74) is 0.967. The van der Waals surface area contributed by atoms with E-state index in [9.17, 15) is 0 Å². The first-order valence-corrected chi connectivity index (χ1v) is 5.58. The number of hydrogen-bond donors (Lipinski definition) is 0. The molecule has 0 radical (unpaired) electrons. The molecule has 1 aliphatic rings. The van der Waals surface area contributed by atoms with Gasteiger partial charge in [0.1, 0.15) is 6.10 Å². The standard InChI is InChI=1S/C8H10IN3O/c1-12-5-6(3-11-12)8-10-4-7(2-9)13-8/h3,5,7H,2,4H2,1H3. The van der Waals surface area contributed by atoms with E-state index >= 15 is 0 Å². The summed E-state index contributed by atoms with van der Waals surface area (Å²) in [6.45, 7) is 0.771. The van der Waals surface area contributed by atoms with Crippen LogP contribution in [-0.2, 0) is 11.8 Å². The number of aryl methyl sites for hydroxylation is 1. The van der Waals surface area contributed by atoms with Crippen molar-refractivity contribution in [2.45, 2.75) is 6.10 Å². The van der Waals surface area contributed by atoms with Gasteiger partial charge in [0, 0.05) is 17.7 Å². The molecule has 0 N–H and O–H groups in total. The molecule has 70 valence electrons. The molecule has 0 amide bonds. The minimum atomic E-state index is 0.246. The predicted octanol–water partition coefficient (Wildman–Crippen LogP) is 1.00. The van der Waals surface area contributed by atoms with Gasteiger partial charge in [-0.25, -0.2) is 4.99 Å². The summed E-state index contributed by atoms with van der Waals surface area (Å²) < 4.78 is 8.32. The highest BCUT2D eigenvalue weighted by Crippen LogP contribution is 2.12. The van der Waals surface area contributed by atoms with Crippen LogP contribution in [0.5, 0.6) is 0 Å². The van der Waals surface area contributed by atoms with Crippen LogP contribution in [-0.4, -0.2) is 32.8 Å². The number of rotatable bonds is 2. The Balaban J connectivity index is 2.12. The van der Waals surface area contributed by atoms with Crippen molar-refractivity contribution in [3.8, 4) is 0 Å². The number of ether oxygens (including phenoxy) is 1. The average molecular weight is 291 g/mol. The van der Waals surface area contributed by atoms with Crippen molar-refractivity contribution >= 4 is 28.5 Å². The highest BCUT2D eigenvalue weighted by molar-refractivity contribution is 14.1. The zero-order chi connectivity index (χ0) is 9.26. The van der Waals surface area contributed by atoms with Crippen LogP contribution in [0.4, 0.5) is 0 Å². The fraction of sp³-hybridized carbons (Fsp3) is 0.500. The quantitative estimate of drug-likeness (QED) is 0.602. The van der Waals surface area contributed by atoms with Crippen molar-refractivity contribution in [2.24, 2.45) is 12.0 Å². The Kier molecular flexibility index (Phi) is 2.52. The summed E-state index contributed by atoms with van der Waals surface area (Å²) in [7, 11) is 1.88. The van der Waals surface area contributed by atoms with E-state index in [1.54, 1.807) is 10.9 Å². The van der Waals surface area contributed by atoms with Gasteiger partial charge in [-0.2, -0.15) is 5.10 Å². The maximum atomic E-state index is 5.60. The Labute approximate surface area is 90.1 Å². The second-order valence-electron chi connectivity index (χ2n) is 2.94. The summed E-state index contributed by atoms with van der Waals surface area (Å²) in [5.74, 6) is 0.731. The second-order valence-corrected chi connectivity index (χ2v) is 3.82. The van der Waals surface area contributed by atoms with Gasteiger partial charge in [-0.15, -0.1) is 0 Å². The molecule has 0 saturated carbocycles. The number of aliphatic imine (C=N–C) groups is 1. The molecule has 0 fully saturated rings. The molecule has 1 aliphatic heterocycles. The van der Waals surface area contributed by atoms with E-state index < -0.39 is 0 Å². The topological polar surface area (TPSA) is 39.4 Å². The molecule has 0 aromatic carbocycles. The van der Waals surface area contributed by atoms with Gasteiger partial charge in [0.15, 0.2) is 0 Å². The summed E-state index contributed by atoms with van der Waals surface area (Å²) in [5, 5.41) is 4.07.